The predicted octanol–water partition coefficient (Wildman–Crippen LogP) is 1.87. The van der Waals surface area contributed by atoms with Crippen molar-refractivity contribution >= 4 is 19.3 Å². The quantitative estimate of drug-likeness (QED) is 0.290. The van der Waals surface area contributed by atoms with Crippen molar-refractivity contribution in [3.8, 4) is 11.3 Å². The van der Waals surface area contributed by atoms with Crippen LogP contribution in [0, 0.1) is 0 Å². The maximum Gasteiger partial charge on any atom is 0.346 e. The molecule has 0 aliphatic heterocycles. The maximum atomic E-state index is 10.1. The van der Waals surface area contributed by atoms with Crippen LogP contribution in [0.25, 0.3) is 11.3 Å². The number of rotatable bonds is 5. The van der Waals surface area contributed by atoms with Crippen LogP contribution in [0.5, 0.6) is 0 Å². The van der Waals surface area contributed by atoms with Gasteiger partial charge >= 0.3 is 7.41 Å². The molecule has 1 N–H and O–H groups in total. The van der Waals surface area contributed by atoms with Gasteiger partial charge in [0.2, 0.25) is 0 Å². The van der Waals surface area contributed by atoms with Crippen LogP contribution in [0.3, 0.4) is 0 Å². The third kappa shape index (κ3) is 3.52. The predicted molar refractivity (Wildman–Crippen MR) is 77.5 cm³/mol. The number of hydrogen-bond acceptors (Lipinski definition) is 4. The van der Waals surface area contributed by atoms with Crippen LogP contribution in [-0.2, 0) is 4.79 Å². The van der Waals surface area contributed by atoms with Gasteiger partial charge in [0.05, 0.1) is 11.4 Å². The van der Waals surface area contributed by atoms with Crippen molar-refractivity contribution in [3.05, 3.63) is 54.2 Å². The maximum absolute atomic E-state index is 10.1. The van der Waals surface area contributed by atoms with E-state index < -0.39 is 0 Å². The summed E-state index contributed by atoms with van der Waals surface area (Å²) in [5, 5.41) is 6.61. The Morgan fingerprint density at radius 2 is 2.05 bits per heavy atom. The van der Waals surface area contributed by atoms with E-state index in [9.17, 15) is 4.79 Å². The molecule has 0 bridgehead atoms. The number of benzene rings is 1. The van der Waals surface area contributed by atoms with E-state index in [4.69, 9.17) is 0 Å². The third-order valence-corrected chi connectivity index (χ3v) is 2.64. The Labute approximate surface area is 112 Å². The lowest BCUT2D eigenvalue weighted by Gasteiger charge is -2.04. The average Bonchev–Trinajstić information content (AvgIpc) is 2.48. The first-order valence-corrected chi connectivity index (χ1v) is 5.90. The topological polar surface area (TPSA) is 54.4 Å². The van der Waals surface area contributed by atoms with E-state index in [0.29, 0.717) is 6.19 Å². The number of nitrogens with zero attached hydrogens (tertiary/aromatic N) is 2. The summed E-state index contributed by atoms with van der Waals surface area (Å²) in [4.78, 5) is 14.4. The van der Waals surface area contributed by atoms with Crippen molar-refractivity contribution in [1.29, 1.82) is 0 Å². The Hall–Kier alpha value is -2.43. The van der Waals surface area contributed by atoms with E-state index in [1.165, 1.54) is 7.41 Å². The van der Waals surface area contributed by atoms with Gasteiger partial charge in [-0.15, -0.1) is 0 Å². The summed E-state index contributed by atoms with van der Waals surface area (Å²) in [5.74, 6) is 0. The molecule has 1 heterocycles. The lowest BCUT2D eigenvalue weighted by Crippen LogP contribution is -2.15. The number of pyridine rings is 1. The Bertz CT molecular complexity index is 567. The van der Waals surface area contributed by atoms with Crippen LogP contribution in [0.4, 0.5) is 0 Å². The standard InChI is InChI=1S/C14H13BN3O/c1-11(17-18-15-10-19)12-5-7-13(8-6-12)14-4-2-3-9-16-14/h2-10,18H,1H3/b17-11+. The molecule has 0 spiro atoms. The number of hydrazone groups is 1. The molecule has 5 heteroatoms. The molecule has 0 aliphatic carbocycles. The van der Waals surface area contributed by atoms with Gasteiger partial charge in [-0.2, -0.15) is 5.10 Å². The van der Waals surface area contributed by atoms with Gasteiger partial charge in [0.1, 0.15) is 6.19 Å². The molecule has 0 saturated carbocycles. The van der Waals surface area contributed by atoms with E-state index in [2.05, 4.69) is 15.4 Å². The molecule has 19 heavy (non-hydrogen) atoms. The van der Waals surface area contributed by atoms with Gasteiger partial charge in [0, 0.05) is 11.8 Å². The van der Waals surface area contributed by atoms with Gasteiger partial charge < -0.3 is 10.1 Å². The second kappa shape index (κ2) is 6.49. The fraction of sp³-hybridized carbons (Fsp3) is 0.0714. The SMILES string of the molecule is C/C(=N\N[B]C=O)c1ccc(-c2ccccn2)cc1. The summed E-state index contributed by atoms with van der Waals surface area (Å²) in [6.07, 6.45) is 2.43. The van der Waals surface area contributed by atoms with E-state index in [1.54, 1.807) is 6.20 Å². The number of carbonyl (C=O) groups is 1. The minimum absolute atomic E-state index is 0.654. The molecule has 0 aliphatic rings. The van der Waals surface area contributed by atoms with Crippen LogP contribution >= 0.6 is 0 Å². The second-order valence-electron chi connectivity index (χ2n) is 3.92. The average molecular weight is 250 g/mol. The fourth-order valence-electron chi connectivity index (χ4n) is 1.64. The van der Waals surface area contributed by atoms with Gasteiger partial charge in [0.15, 0.2) is 0 Å². The van der Waals surface area contributed by atoms with Crippen molar-refractivity contribution in [2.75, 3.05) is 0 Å². The third-order valence-electron chi connectivity index (χ3n) is 2.64. The molecule has 0 amide bonds. The summed E-state index contributed by atoms with van der Waals surface area (Å²) in [7, 11) is 1.24. The molecule has 1 aromatic carbocycles. The highest BCUT2D eigenvalue weighted by molar-refractivity contribution is 6.64. The minimum atomic E-state index is 0.654. The normalized spacial score (nSPS) is 10.9. The number of hydrogen-bond donors (Lipinski definition) is 1. The summed E-state index contributed by atoms with van der Waals surface area (Å²) < 4.78 is 0. The zero-order valence-electron chi connectivity index (χ0n) is 10.6. The van der Waals surface area contributed by atoms with Gasteiger partial charge in [0.25, 0.3) is 0 Å². The van der Waals surface area contributed by atoms with E-state index in [-0.39, 0.29) is 0 Å². The molecule has 2 aromatic rings. The smallest absolute Gasteiger partial charge is 0.346 e. The fourth-order valence-corrected chi connectivity index (χ4v) is 1.64. The van der Waals surface area contributed by atoms with Gasteiger partial charge in [-0.1, -0.05) is 30.3 Å². The van der Waals surface area contributed by atoms with E-state index in [1.807, 2.05) is 49.4 Å². The molecule has 0 saturated heterocycles. The van der Waals surface area contributed by atoms with Gasteiger partial charge in [-0.25, -0.2) is 0 Å². The molecule has 0 fully saturated rings. The van der Waals surface area contributed by atoms with Crippen molar-refractivity contribution in [3.63, 3.8) is 0 Å². The molecular weight excluding hydrogens is 237 g/mol. The zero-order chi connectivity index (χ0) is 13.5. The first-order chi connectivity index (χ1) is 9.31. The second-order valence-corrected chi connectivity index (χ2v) is 3.92. The Morgan fingerprint density at radius 1 is 1.26 bits per heavy atom. The Balaban J connectivity index is 2.14. The van der Waals surface area contributed by atoms with Crippen molar-refractivity contribution < 1.29 is 4.79 Å². The van der Waals surface area contributed by atoms with Crippen LogP contribution in [-0.4, -0.2) is 24.3 Å². The number of nitrogens with one attached hydrogen (secondary N) is 1. The van der Waals surface area contributed by atoms with E-state index >= 15 is 0 Å². The summed E-state index contributed by atoms with van der Waals surface area (Å²) >= 11 is 0. The lowest BCUT2D eigenvalue weighted by atomic mass is 10.0. The van der Waals surface area contributed by atoms with Gasteiger partial charge in [-0.3, -0.25) is 4.98 Å². The van der Waals surface area contributed by atoms with Crippen LogP contribution in [0.15, 0.2) is 53.8 Å². The monoisotopic (exact) mass is 250 g/mol. The highest BCUT2D eigenvalue weighted by Gasteiger charge is 2.00. The van der Waals surface area contributed by atoms with E-state index in [0.717, 1.165) is 22.5 Å². The largest absolute Gasteiger partial charge is 0.349 e. The van der Waals surface area contributed by atoms with Crippen LogP contribution in [0.1, 0.15) is 12.5 Å². The molecule has 4 nitrogen and oxygen atoms in total. The van der Waals surface area contributed by atoms with Crippen LogP contribution in [0.2, 0.25) is 0 Å². The first kappa shape index (κ1) is 13.0. The number of aromatic nitrogens is 1. The Morgan fingerprint density at radius 3 is 2.68 bits per heavy atom. The molecule has 1 radical (unpaired) electrons. The molecular formula is C14H13BN3O. The first-order valence-electron chi connectivity index (χ1n) is 5.90. The molecule has 93 valence electrons. The van der Waals surface area contributed by atoms with Crippen molar-refractivity contribution in [2.24, 2.45) is 5.10 Å². The lowest BCUT2D eigenvalue weighted by molar-refractivity contribution is 0.568. The molecule has 0 unspecified atom stereocenters. The Kier molecular flexibility index (Phi) is 4.45. The van der Waals surface area contributed by atoms with Gasteiger partial charge in [-0.05, 0) is 24.6 Å². The van der Waals surface area contributed by atoms with Crippen molar-refractivity contribution in [1.82, 2.24) is 10.3 Å². The van der Waals surface area contributed by atoms with Crippen LogP contribution < -0.4 is 5.34 Å². The number of carbonyl (C=O) groups excluding carboxylic acids is 1. The summed E-state index contributed by atoms with van der Waals surface area (Å²) in [6.45, 7) is 1.88. The molecule has 2 rings (SSSR count). The summed E-state index contributed by atoms with van der Waals surface area (Å²) in [5.41, 5.74) is 3.80. The minimum Gasteiger partial charge on any atom is -0.349 e. The molecule has 1 aromatic heterocycles. The highest BCUT2D eigenvalue weighted by Crippen LogP contribution is 2.17. The molecule has 0 atom stereocenters. The van der Waals surface area contributed by atoms with Crippen molar-refractivity contribution in [2.45, 2.75) is 6.92 Å². The highest BCUT2D eigenvalue weighted by atomic mass is 16.1. The zero-order valence-corrected chi connectivity index (χ0v) is 10.6. The summed E-state index contributed by atoms with van der Waals surface area (Å²) in [6, 6.07) is 13.8.